The molecule has 0 aromatic heterocycles. The molecule has 1 atom stereocenters. The van der Waals surface area contributed by atoms with Crippen molar-refractivity contribution in [2.75, 3.05) is 13.7 Å². The molecule has 1 aliphatic rings. The van der Waals surface area contributed by atoms with Gasteiger partial charge in [0.2, 0.25) is 5.91 Å². The smallest absolute Gasteiger partial charge is 0.240 e. The maximum atomic E-state index is 11.1. The summed E-state index contributed by atoms with van der Waals surface area (Å²) in [5.74, 6) is -0.115. The molecule has 0 aromatic carbocycles. The molecule has 1 saturated carbocycles. The van der Waals surface area contributed by atoms with Crippen LogP contribution in [0.3, 0.4) is 0 Å². The highest BCUT2D eigenvalue weighted by Gasteiger charge is 2.26. The number of amides is 1. The fraction of sp³-hybridized carbons (Fsp3) is 0.857. The van der Waals surface area contributed by atoms with Gasteiger partial charge in [-0.2, -0.15) is 0 Å². The van der Waals surface area contributed by atoms with Crippen molar-refractivity contribution < 1.29 is 9.53 Å². The van der Waals surface area contributed by atoms with Gasteiger partial charge in [0.25, 0.3) is 0 Å². The fourth-order valence-corrected chi connectivity index (χ4v) is 0.930. The Morgan fingerprint density at radius 2 is 2.45 bits per heavy atom. The highest BCUT2D eigenvalue weighted by atomic mass is 35.5. The number of rotatable bonds is 4. The van der Waals surface area contributed by atoms with Gasteiger partial charge in [0.05, 0.1) is 6.61 Å². The first-order chi connectivity index (χ1) is 5.24. The van der Waals surface area contributed by atoms with Crippen LogP contribution in [0.1, 0.15) is 12.8 Å². The standard InChI is InChI=1S/C7H12ClNO2/c1-11-4-6(8)7(10)9-5-2-3-5/h5-6H,2-4H2,1H3,(H,9,10). The SMILES string of the molecule is COCC(Cl)C(=O)NC1CC1. The zero-order valence-corrected chi connectivity index (χ0v) is 7.23. The van der Waals surface area contributed by atoms with Gasteiger partial charge in [-0.1, -0.05) is 0 Å². The molecule has 0 heterocycles. The summed E-state index contributed by atoms with van der Waals surface area (Å²) >= 11 is 5.67. The van der Waals surface area contributed by atoms with Crippen molar-refractivity contribution in [3.05, 3.63) is 0 Å². The van der Waals surface area contributed by atoms with E-state index in [1.165, 1.54) is 7.11 Å². The molecular weight excluding hydrogens is 166 g/mol. The Morgan fingerprint density at radius 3 is 2.91 bits per heavy atom. The van der Waals surface area contributed by atoms with Crippen LogP contribution >= 0.6 is 11.6 Å². The predicted octanol–water partition coefficient (Wildman–Crippen LogP) is 0.519. The van der Waals surface area contributed by atoms with Crippen LogP contribution in [-0.4, -0.2) is 31.0 Å². The van der Waals surface area contributed by atoms with Gasteiger partial charge in [-0.25, -0.2) is 0 Å². The Morgan fingerprint density at radius 1 is 1.82 bits per heavy atom. The number of halogens is 1. The monoisotopic (exact) mass is 177 g/mol. The molecule has 1 unspecified atom stereocenters. The highest BCUT2D eigenvalue weighted by molar-refractivity contribution is 6.30. The van der Waals surface area contributed by atoms with E-state index in [-0.39, 0.29) is 12.5 Å². The number of methoxy groups -OCH3 is 1. The zero-order chi connectivity index (χ0) is 8.27. The summed E-state index contributed by atoms with van der Waals surface area (Å²) in [5.41, 5.74) is 0. The molecule has 0 aromatic rings. The zero-order valence-electron chi connectivity index (χ0n) is 6.47. The van der Waals surface area contributed by atoms with Crippen molar-refractivity contribution in [3.8, 4) is 0 Å². The Labute approximate surface area is 71.1 Å². The molecule has 1 amide bonds. The molecule has 0 spiro atoms. The van der Waals surface area contributed by atoms with Crippen molar-refractivity contribution in [2.45, 2.75) is 24.3 Å². The number of hydrogen-bond donors (Lipinski definition) is 1. The first-order valence-electron chi connectivity index (χ1n) is 3.67. The Bertz CT molecular complexity index is 147. The Kier molecular flexibility index (Phi) is 3.15. The Balaban J connectivity index is 2.15. The summed E-state index contributed by atoms with van der Waals surface area (Å²) < 4.78 is 4.73. The van der Waals surface area contributed by atoms with Gasteiger partial charge in [0.1, 0.15) is 5.38 Å². The molecule has 64 valence electrons. The summed E-state index contributed by atoms with van der Waals surface area (Å²) in [7, 11) is 1.53. The fourth-order valence-electron chi connectivity index (χ4n) is 0.741. The van der Waals surface area contributed by atoms with Gasteiger partial charge in [-0.15, -0.1) is 11.6 Å². The molecule has 0 aliphatic heterocycles. The maximum Gasteiger partial charge on any atom is 0.240 e. The second-order valence-corrected chi connectivity index (χ2v) is 3.23. The van der Waals surface area contributed by atoms with Gasteiger partial charge in [0.15, 0.2) is 0 Å². The van der Waals surface area contributed by atoms with Crippen LogP contribution in [0.25, 0.3) is 0 Å². The van der Waals surface area contributed by atoms with Gasteiger partial charge in [-0.3, -0.25) is 4.79 Å². The highest BCUT2D eigenvalue weighted by Crippen LogP contribution is 2.19. The lowest BCUT2D eigenvalue weighted by molar-refractivity contribution is -0.121. The van der Waals surface area contributed by atoms with Crippen molar-refractivity contribution in [3.63, 3.8) is 0 Å². The predicted molar refractivity (Wildman–Crippen MR) is 42.7 cm³/mol. The third-order valence-electron chi connectivity index (χ3n) is 1.52. The number of carbonyl (C=O) groups is 1. The average molecular weight is 178 g/mol. The average Bonchev–Trinajstić information content (AvgIpc) is 2.72. The van der Waals surface area contributed by atoms with Crippen molar-refractivity contribution in [2.24, 2.45) is 0 Å². The lowest BCUT2D eigenvalue weighted by atomic mass is 10.4. The van der Waals surface area contributed by atoms with Gasteiger partial charge >= 0.3 is 0 Å². The van der Waals surface area contributed by atoms with E-state index in [0.717, 1.165) is 12.8 Å². The molecule has 1 aliphatic carbocycles. The lowest BCUT2D eigenvalue weighted by Gasteiger charge is -2.07. The van der Waals surface area contributed by atoms with Gasteiger partial charge < -0.3 is 10.1 Å². The van der Waals surface area contributed by atoms with E-state index in [1.54, 1.807) is 0 Å². The van der Waals surface area contributed by atoms with Crippen LogP contribution in [0.15, 0.2) is 0 Å². The molecule has 11 heavy (non-hydrogen) atoms. The lowest BCUT2D eigenvalue weighted by Crippen LogP contribution is -2.35. The number of carbonyl (C=O) groups excluding carboxylic acids is 1. The van der Waals surface area contributed by atoms with Crippen LogP contribution in [-0.2, 0) is 9.53 Å². The molecule has 0 bridgehead atoms. The molecule has 1 N–H and O–H groups in total. The molecular formula is C7H12ClNO2. The summed E-state index contributed by atoms with van der Waals surface area (Å²) in [6.07, 6.45) is 2.17. The van der Waals surface area contributed by atoms with Crippen LogP contribution < -0.4 is 5.32 Å². The minimum Gasteiger partial charge on any atom is -0.383 e. The summed E-state index contributed by atoms with van der Waals surface area (Å²) in [6, 6.07) is 0.376. The third-order valence-corrected chi connectivity index (χ3v) is 1.85. The minimum atomic E-state index is -0.541. The van der Waals surface area contributed by atoms with E-state index in [1.807, 2.05) is 0 Å². The molecule has 1 fully saturated rings. The van der Waals surface area contributed by atoms with E-state index in [4.69, 9.17) is 16.3 Å². The second kappa shape index (κ2) is 3.93. The normalized spacial score (nSPS) is 19.5. The summed E-state index contributed by atoms with van der Waals surface area (Å²) in [4.78, 5) is 11.1. The summed E-state index contributed by atoms with van der Waals surface area (Å²) in [5, 5.41) is 2.25. The van der Waals surface area contributed by atoms with Crippen LogP contribution in [0, 0.1) is 0 Å². The molecule has 1 rings (SSSR count). The summed E-state index contributed by atoms with van der Waals surface area (Å²) in [6.45, 7) is 0.278. The van der Waals surface area contributed by atoms with Gasteiger partial charge in [0, 0.05) is 13.2 Å². The molecule has 0 saturated heterocycles. The second-order valence-electron chi connectivity index (χ2n) is 2.71. The number of alkyl halides is 1. The van der Waals surface area contributed by atoms with Crippen molar-refractivity contribution >= 4 is 17.5 Å². The van der Waals surface area contributed by atoms with E-state index in [0.29, 0.717) is 6.04 Å². The molecule has 4 heteroatoms. The largest absolute Gasteiger partial charge is 0.383 e. The van der Waals surface area contributed by atoms with E-state index in [2.05, 4.69) is 5.32 Å². The van der Waals surface area contributed by atoms with E-state index in [9.17, 15) is 4.79 Å². The topological polar surface area (TPSA) is 38.3 Å². The first kappa shape index (κ1) is 8.81. The molecule has 0 radical (unpaired) electrons. The first-order valence-corrected chi connectivity index (χ1v) is 4.11. The maximum absolute atomic E-state index is 11.1. The van der Waals surface area contributed by atoms with Crippen molar-refractivity contribution in [1.29, 1.82) is 0 Å². The number of hydrogen-bond acceptors (Lipinski definition) is 2. The number of ether oxygens (including phenoxy) is 1. The van der Waals surface area contributed by atoms with Crippen LogP contribution in [0.4, 0.5) is 0 Å². The van der Waals surface area contributed by atoms with Crippen LogP contribution in [0.2, 0.25) is 0 Å². The minimum absolute atomic E-state index is 0.115. The van der Waals surface area contributed by atoms with E-state index < -0.39 is 5.38 Å². The Hall–Kier alpha value is -0.280. The van der Waals surface area contributed by atoms with Crippen molar-refractivity contribution in [1.82, 2.24) is 5.32 Å². The third kappa shape index (κ3) is 3.08. The van der Waals surface area contributed by atoms with E-state index >= 15 is 0 Å². The van der Waals surface area contributed by atoms with Crippen LogP contribution in [0.5, 0.6) is 0 Å². The number of nitrogens with one attached hydrogen (secondary N) is 1. The quantitative estimate of drug-likeness (QED) is 0.636. The van der Waals surface area contributed by atoms with Gasteiger partial charge in [-0.05, 0) is 12.8 Å². The molecule has 3 nitrogen and oxygen atoms in total.